The maximum absolute atomic E-state index is 9.22. The van der Waals surface area contributed by atoms with E-state index in [-0.39, 0.29) is 12.7 Å². The molecule has 1 fully saturated rings. The van der Waals surface area contributed by atoms with Gasteiger partial charge in [0.15, 0.2) is 0 Å². The van der Waals surface area contributed by atoms with Gasteiger partial charge in [0.2, 0.25) is 0 Å². The van der Waals surface area contributed by atoms with Crippen LogP contribution in [0.15, 0.2) is 24.3 Å². The summed E-state index contributed by atoms with van der Waals surface area (Å²) in [4.78, 5) is 0. The van der Waals surface area contributed by atoms with Gasteiger partial charge in [0.25, 0.3) is 0 Å². The normalized spacial score (nSPS) is 27.2. The van der Waals surface area contributed by atoms with Gasteiger partial charge in [-0.3, -0.25) is 0 Å². The van der Waals surface area contributed by atoms with Crippen molar-refractivity contribution in [1.82, 2.24) is 0 Å². The molecule has 1 aromatic rings. The van der Waals surface area contributed by atoms with Gasteiger partial charge >= 0.3 is 0 Å². The van der Waals surface area contributed by atoms with Crippen LogP contribution in [0, 0.1) is 0 Å². The van der Waals surface area contributed by atoms with Crippen molar-refractivity contribution in [3.63, 3.8) is 0 Å². The zero-order valence-electron chi connectivity index (χ0n) is 10.8. The Morgan fingerprint density at radius 2 is 2.22 bits per heavy atom. The molecule has 0 heterocycles. The number of aliphatic hydroxyl groups is 1. The Hall–Kier alpha value is -1.26. The molecule has 4 heteroatoms. The lowest BCUT2D eigenvalue weighted by atomic mass is 10.0. The van der Waals surface area contributed by atoms with Crippen LogP contribution in [0.25, 0.3) is 0 Å². The van der Waals surface area contributed by atoms with Gasteiger partial charge in [-0.1, -0.05) is 6.07 Å². The fourth-order valence-corrected chi connectivity index (χ4v) is 2.35. The van der Waals surface area contributed by atoms with Gasteiger partial charge in [-0.2, -0.15) is 0 Å². The van der Waals surface area contributed by atoms with Crippen molar-refractivity contribution in [2.45, 2.75) is 37.8 Å². The summed E-state index contributed by atoms with van der Waals surface area (Å²) < 4.78 is 11.3. The molecule has 0 bridgehead atoms. The maximum atomic E-state index is 9.22. The molecule has 0 amide bonds. The second kappa shape index (κ2) is 5.59. The van der Waals surface area contributed by atoms with Crippen LogP contribution in [0.2, 0.25) is 0 Å². The Kier molecular flexibility index (Phi) is 4.09. The summed E-state index contributed by atoms with van der Waals surface area (Å²) in [7, 11) is 0. The average Bonchev–Trinajstić information content (AvgIpc) is 2.73. The van der Waals surface area contributed by atoms with E-state index in [4.69, 9.17) is 15.2 Å². The third-order valence-corrected chi connectivity index (χ3v) is 3.33. The minimum absolute atomic E-state index is 0.0197. The van der Waals surface area contributed by atoms with Gasteiger partial charge in [-0.05, 0) is 31.9 Å². The lowest BCUT2D eigenvalue weighted by molar-refractivity contribution is 0.165. The molecule has 0 radical (unpaired) electrons. The molecule has 0 aromatic heterocycles. The molecule has 4 nitrogen and oxygen atoms in total. The first kappa shape index (κ1) is 13.2. The molecule has 1 aliphatic carbocycles. The molecule has 18 heavy (non-hydrogen) atoms. The van der Waals surface area contributed by atoms with Crippen LogP contribution < -0.4 is 15.2 Å². The molecule has 2 unspecified atom stereocenters. The number of benzene rings is 1. The highest BCUT2D eigenvalue weighted by atomic mass is 16.5. The fourth-order valence-electron chi connectivity index (χ4n) is 2.35. The van der Waals surface area contributed by atoms with Crippen LogP contribution >= 0.6 is 0 Å². The van der Waals surface area contributed by atoms with Gasteiger partial charge < -0.3 is 20.3 Å². The number of hydrogen-bond acceptors (Lipinski definition) is 4. The van der Waals surface area contributed by atoms with Crippen LogP contribution in [0.5, 0.6) is 11.5 Å². The molecule has 1 aliphatic rings. The third kappa shape index (κ3) is 3.15. The van der Waals surface area contributed by atoms with Crippen molar-refractivity contribution in [1.29, 1.82) is 0 Å². The van der Waals surface area contributed by atoms with Gasteiger partial charge in [-0.25, -0.2) is 0 Å². The Balaban J connectivity index is 1.96. The summed E-state index contributed by atoms with van der Waals surface area (Å²) in [5.41, 5.74) is 5.56. The van der Waals surface area contributed by atoms with Crippen molar-refractivity contribution >= 4 is 0 Å². The smallest absolute Gasteiger partial charge is 0.123 e. The first-order chi connectivity index (χ1) is 8.65. The first-order valence-electron chi connectivity index (χ1n) is 6.44. The van der Waals surface area contributed by atoms with Crippen LogP contribution in [0.4, 0.5) is 0 Å². The van der Waals surface area contributed by atoms with Gasteiger partial charge in [0, 0.05) is 18.0 Å². The van der Waals surface area contributed by atoms with E-state index in [0.717, 1.165) is 24.3 Å². The van der Waals surface area contributed by atoms with E-state index in [1.54, 1.807) is 0 Å². The third-order valence-electron chi connectivity index (χ3n) is 3.33. The molecule has 1 saturated carbocycles. The lowest BCUT2D eigenvalue weighted by Gasteiger charge is -2.21. The van der Waals surface area contributed by atoms with Crippen molar-refractivity contribution in [2.24, 2.45) is 5.73 Å². The molecular weight excluding hydrogens is 230 g/mol. The van der Waals surface area contributed by atoms with Crippen LogP contribution in [0.3, 0.4) is 0 Å². The second-order valence-electron chi connectivity index (χ2n) is 4.91. The van der Waals surface area contributed by atoms with Gasteiger partial charge in [0.1, 0.15) is 17.6 Å². The van der Waals surface area contributed by atoms with E-state index in [9.17, 15) is 5.11 Å². The zero-order valence-corrected chi connectivity index (χ0v) is 10.8. The summed E-state index contributed by atoms with van der Waals surface area (Å²) in [5, 5.41) is 9.22. The van der Waals surface area contributed by atoms with Crippen molar-refractivity contribution < 1.29 is 14.6 Å². The Bertz CT molecular complexity index is 396. The van der Waals surface area contributed by atoms with E-state index in [1.165, 1.54) is 0 Å². The SMILES string of the molecule is CCOc1cccc(OC2CCC(N)(CO)C2)c1. The van der Waals surface area contributed by atoms with E-state index in [0.29, 0.717) is 13.0 Å². The highest BCUT2D eigenvalue weighted by Crippen LogP contribution is 2.31. The van der Waals surface area contributed by atoms with Crippen molar-refractivity contribution in [3.8, 4) is 11.5 Å². The van der Waals surface area contributed by atoms with Crippen LogP contribution in [-0.4, -0.2) is 30.0 Å². The fraction of sp³-hybridized carbons (Fsp3) is 0.571. The molecule has 3 N–H and O–H groups in total. The molecule has 0 aliphatic heterocycles. The second-order valence-corrected chi connectivity index (χ2v) is 4.91. The Morgan fingerprint density at radius 3 is 2.89 bits per heavy atom. The van der Waals surface area contributed by atoms with E-state index in [2.05, 4.69) is 0 Å². The molecule has 2 rings (SSSR count). The lowest BCUT2D eigenvalue weighted by Crippen LogP contribution is -2.41. The predicted octanol–water partition coefficient (Wildman–Crippen LogP) is 1.71. The van der Waals surface area contributed by atoms with Gasteiger partial charge in [-0.15, -0.1) is 0 Å². The highest BCUT2D eigenvalue weighted by molar-refractivity contribution is 5.33. The minimum Gasteiger partial charge on any atom is -0.494 e. The Morgan fingerprint density at radius 1 is 1.44 bits per heavy atom. The van der Waals surface area contributed by atoms with Crippen molar-refractivity contribution in [3.05, 3.63) is 24.3 Å². The number of rotatable bonds is 5. The maximum Gasteiger partial charge on any atom is 0.123 e. The predicted molar refractivity (Wildman–Crippen MR) is 69.9 cm³/mol. The molecule has 100 valence electrons. The highest BCUT2D eigenvalue weighted by Gasteiger charge is 2.36. The van der Waals surface area contributed by atoms with E-state index >= 15 is 0 Å². The molecule has 0 saturated heterocycles. The summed E-state index contributed by atoms with van der Waals surface area (Å²) in [6.45, 7) is 2.61. The van der Waals surface area contributed by atoms with E-state index in [1.807, 2.05) is 31.2 Å². The molecule has 1 aromatic carbocycles. The summed E-state index contributed by atoms with van der Waals surface area (Å²) in [6.07, 6.45) is 2.47. The number of aliphatic hydroxyl groups excluding tert-OH is 1. The summed E-state index contributed by atoms with van der Waals surface area (Å²) in [6, 6.07) is 7.62. The standard InChI is InChI=1S/C14H21NO3/c1-2-17-11-4-3-5-12(8-11)18-13-6-7-14(15,9-13)10-16/h3-5,8,13,16H,2,6-7,9-10,15H2,1H3. The average molecular weight is 251 g/mol. The van der Waals surface area contributed by atoms with Crippen LogP contribution in [-0.2, 0) is 0 Å². The summed E-state index contributed by atoms with van der Waals surface area (Å²) >= 11 is 0. The molecular formula is C14H21NO3. The molecule has 2 atom stereocenters. The minimum atomic E-state index is -0.470. The van der Waals surface area contributed by atoms with Crippen LogP contribution in [0.1, 0.15) is 26.2 Å². The largest absolute Gasteiger partial charge is 0.494 e. The monoisotopic (exact) mass is 251 g/mol. The zero-order chi connectivity index (χ0) is 13.0. The quantitative estimate of drug-likeness (QED) is 0.836. The van der Waals surface area contributed by atoms with Gasteiger partial charge in [0.05, 0.1) is 13.2 Å². The number of nitrogens with two attached hydrogens (primary N) is 1. The number of hydrogen-bond donors (Lipinski definition) is 2. The summed E-state index contributed by atoms with van der Waals surface area (Å²) in [5.74, 6) is 1.61. The van der Waals surface area contributed by atoms with E-state index < -0.39 is 5.54 Å². The topological polar surface area (TPSA) is 64.7 Å². The van der Waals surface area contributed by atoms with Crippen molar-refractivity contribution in [2.75, 3.05) is 13.2 Å². The molecule has 0 spiro atoms. The first-order valence-corrected chi connectivity index (χ1v) is 6.44. The number of ether oxygens (including phenoxy) is 2. The Labute approximate surface area is 108 Å².